The topological polar surface area (TPSA) is 69.1 Å². The quantitative estimate of drug-likeness (QED) is 0.804. The Morgan fingerprint density at radius 2 is 2.47 bits per heavy atom. The van der Waals surface area contributed by atoms with Crippen molar-refractivity contribution in [1.29, 1.82) is 0 Å². The van der Waals surface area contributed by atoms with Gasteiger partial charge in [0.05, 0.1) is 38.0 Å². The minimum Gasteiger partial charge on any atom is -0.376 e. The molecule has 3 heterocycles. The van der Waals surface area contributed by atoms with E-state index in [-0.39, 0.29) is 11.8 Å². The van der Waals surface area contributed by atoms with Crippen LogP contribution < -0.4 is 5.69 Å². The summed E-state index contributed by atoms with van der Waals surface area (Å²) in [5.41, 5.74) is 1.24. The summed E-state index contributed by atoms with van der Waals surface area (Å²) in [6.45, 7) is 2.23. The van der Waals surface area contributed by atoms with Gasteiger partial charge in [-0.3, -0.25) is 9.55 Å². The monoisotopic (exact) mass is 235 g/mol. The zero-order valence-electron chi connectivity index (χ0n) is 9.26. The number of hydrogen-bond donors (Lipinski definition) is 1. The van der Waals surface area contributed by atoms with Gasteiger partial charge in [0.2, 0.25) is 0 Å². The fourth-order valence-corrected chi connectivity index (χ4v) is 2.02. The second-order valence-electron chi connectivity index (χ2n) is 3.98. The highest BCUT2D eigenvalue weighted by Crippen LogP contribution is 2.09. The Balaban J connectivity index is 1.93. The van der Waals surface area contributed by atoms with Crippen molar-refractivity contribution in [3.63, 3.8) is 0 Å². The fraction of sp³-hybridized carbons (Fsp3) is 0.455. The Hall–Kier alpha value is -1.66. The zero-order valence-corrected chi connectivity index (χ0v) is 9.26. The summed E-state index contributed by atoms with van der Waals surface area (Å²) in [5.74, 6) is 0. The van der Waals surface area contributed by atoms with Gasteiger partial charge in [-0.2, -0.15) is 0 Å². The molecule has 17 heavy (non-hydrogen) atoms. The molecule has 2 aromatic heterocycles. The van der Waals surface area contributed by atoms with Crippen LogP contribution in [0.5, 0.6) is 0 Å². The second-order valence-corrected chi connectivity index (χ2v) is 3.98. The van der Waals surface area contributed by atoms with Crippen LogP contribution in [0, 0.1) is 0 Å². The maximum atomic E-state index is 11.8. The molecular formula is C11H13N3O3. The largest absolute Gasteiger partial charge is 0.376 e. The van der Waals surface area contributed by atoms with E-state index < -0.39 is 0 Å². The van der Waals surface area contributed by atoms with Crippen molar-refractivity contribution in [1.82, 2.24) is 14.5 Å². The van der Waals surface area contributed by atoms with E-state index in [9.17, 15) is 4.79 Å². The Morgan fingerprint density at radius 1 is 1.53 bits per heavy atom. The first-order valence-electron chi connectivity index (χ1n) is 5.57. The summed E-state index contributed by atoms with van der Waals surface area (Å²) in [6.07, 6.45) is 1.59. The van der Waals surface area contributed by atoms with E-state index in [0.717, 1.165) is 5.52 Å². The third-order valence-electron chi connectivity index (χ3n) is 2.82. The Kier molecular flexibility index (Phi) is 2.66. The summed E-state index contributed by atoms with van der Waals surface area (Å²) in [7, 11) is 0. The highest BCUT2D eigenvalue weighted by Gasteiger charge is 2.17. The van der Waals surface area contributed by atoms with Crippen LogP contribution in [0.3, 0.4) is 0 Å². The van der Waals surface area contributed by atoms with E-state index in [0.29, 0.717) is 32.0 Å². The number of aromatic nitrogens is 3. The van der Waals surface area contributed by atoms with Gasteiger partial charge < -0.3 is 9.47 Å². The summed E-state index contributed by atoms with van der Waals surface area (Å²) in [4.78, 5) is 18.6. The van der Waals surface area contributed by atoms with E-state index in [2.05, 4.69) is 9.97 Å². The molecule has 0 saturated carbocycles. The van der Waals surface area contributed by atoms with Crippen LogP contribution in [0.2, 0.25) is 0 Å². The molecule has 0 aliphatic carbocycles. The highest BCUT2D eigenvalue weighted by atomic mass is 16.6. The number of hydrogen-bond acceptors (Lipinski definition) is 4. The predicted octanol–water partition coefficient (Wildman–Crippen LogP) is 0.140. The maximum Gasteiger partial charge on any atom is 0.327 e. The molecule has 0 radical (unpaired) electrons. The standard InChI is InChI=1S/C11H13N3O3/c15-11-13-10-9(2-1-3-12-10)14(11)6-8-7-16-4-5-17-8/h1-3,8H,4-7H2,(H,12,13,15)/t8-/m0/s1. The molecule has 3 rings (SSSR count). The molecule has 0 aromatic carbocycles. The summed E-state index contributed by atoms with van der Waals surface area (Å²) >= 11 is 0. The molecule has 1 atom stereocenters. The number of ether oxygens (including phenoxy) is 2. The summed E-state index contributed by atoms with van der Waals surface area (Å²) < 4.78 is 12.5. The first-order chi connectivity index (χ1) is 8.34. The first kappa shape index (κ1) is 10.5. The van der Waals surface area contributed by atoms with Gasteiger partial charge in [-0.1, -0.05) is 0 Å². The minimum atomic E-state index is -0.159. The molecule has 0 spiro atoms. The average Bonchev–Trinajstić information content (AvgIpc) is 2.68. The van der Waals surface area contributed by atoms with Gasteiger partial charge in [0.1, 0.15) is 0 Å². The van der Waals surface area contributed by atoms with Crippen LogP contribution in [0.4, 0.5) is 0 Å². The Bertz CT molecular complexity index is 569. The number of rotatable bonds is 2. The van der Waals surface area contributed by atoms with Crippen LogP contribution in [0.15, 0.2) is 23.1 Å². The third kappa shape index (κ3) is 1.96. The van der Waals surface area contributed by atoms with E-state index in [1.165, 1.54) is 0 Å². The van der Waals surface area contributed by atoms with E-state index in [1.54, 1.807) is 10.8 Å². The van der Waals surface area contributed by atoms with Gasteiger partial charge >= 0.3 is 5.69 Å². The molecule has 1 aliphatic heterocycles. The third-order valence-corrected chi connectivity index (χ3v) is 2.82. The van der Waals surface area contributed by atoms with Gasteiger partial charge in [0.25, 0.3) is 0 Å². The highest BCUT2D eigenvalue weighted by molar-refractivity contribution is 5.70. The molecule has 0 unspecified atom stereocenters. The molecule has 1 N–H and O–H groups in total. The molecular weight excluding hydrogens is 222 g/mol. The Morgan fingerprint density at radius 3 is 3.29 bits per heavy atom. The second kappa shape index (κ2) is 4.31. The van der Waals surface area contributed by atoms with Gasteiger partial charge in [-0.25, -0.2) is 9.78 Å². The predicted molar refractivity (Wildman–Crippen MR) is 60.9 cm³/mol. The van der Waals surface area contributed by atoms with Crippen molar-refractivity contribution in [2.24, 2.45) is 0 Å². The van der Waals surface area contributed by atoms with Gasteiger partial charge in [-0.15, -0.1) is 0 Å². The van der Waals surface area contributed by atoms with Crippen LogP contribution in [0.25, 0.3) is 11.2 Å². The number of fused-ring (bicyclic) bond motifs is 1. The average molecular weight is 235 g/mol. The minimum absolute atomic E-state index is 0.0688. The zero-order chi connectivity index (χ0) is 11.7. The maximum absolute atomic E-state index is 11.8. The molecule has 1 fully saturated rings. The molecule has 90 valence electrons. The number of pyridine rings is 1. The molecule has 1 aliphatic rings. The number of nitrogens with one attached hydrogen (secondary N) is 1. The number of aromatic amines is 1. The van der Waals surface area contributed by atoms with Crippen LogP contribution in [-0.4, -0.2) is 40.5 Å². The number of H-pyrrole nitrogens is 1. The molecule has 0 bridgehead atoms. The van der Waals surface area contributed by atoms with Crippen LogP contribution >= 0.6 is 0 Å². The van der Waals surface area contributed by atoms with Gasteiger partial charge in [-0.05, 0) is 12.1 Å². The van der Waals surface area contributed by atoms with Crippen LogP contribution in [-0.2, 0) is 16.0 Å². The van der Waals surface area contributed by atoms with Crippen molar-refractivity contribution >= 4 is 11.2 Å². The van der Waals surface area contributed by atoms with Crippen molar-refractivity contribution < 1.29 is 9.47 Å². The lowest BCUT2D eigenvalue weighted by atomic mass is 10.3. The van der Waals surface area contributed by atoms with Crippen molar-refractivity contribution in [2.75, 3.05) is 19.8 Å². The smallest absolute Gasteiger partial charge is 0.327 e. The SMILES string of the molecule is O=c1[nH]c2ncccc2n1C[C@H]1COCCO1. The van der Waals surface area contributed by atoms with E-state index in [4.69, 9.17) is 9.47 Å². The molecule has 0 amide bonds. The van der Waals surface area contributed by atoms with Crippen molar-refractivity contribution in [3.8, 4) is 0 Å². The summed E-state index contributed by atoms with van der Waals surface area (Å²) in [5, 5.41) is 0. The van der Waals surface area contributed by atoms with Gasteiger partial charge in [0, 0.05) is 6.20 Å². The lowest BCUT2D eigenvalue weighted by Gasteiger charge is -2.23. The normalized spacial score (nSPS) is 20.8. The lowest BCUT2D eigenvalue weighted by molar-refractivity contribution is -0.0934. The molecule has 2 aromatic rings. The van der Waals surface area contributed by atoms with E-state index >= 15 is 0 Å². The number of nitrogens with zero attached hydrogens (tertiary/aromatic N) is 2. The molecule has 6 nitrogen and oxygen atoms in total. The lowest BCUT2D eigenvalue weighted by Crippen LogP contribution is -2.34. The van der Waals surface area contributed by atoms with Crippen molar-refractivity contribution in [2.45, 2.75) is 12.6 Å². The molecule has 1 saturated heterocycles. The summed E-state index contributed by atoms with van der Waals surface area (Å²) in [6, 6.07) is 3.67. The van der Waals surface area contributed by atoms with Crippen LogP contribution in [0.1, 0.15) is 0 Å². The van der Waals surface area contributed by atoms with Gasteiger partial charge in [0.15, 0.2) is 5.65 Å². The molecule has 6 heteroatoms. The number of imidazole rings is 1. The Labute approximate surface area is 97.2 Å². The van der Waals surface area contributed by atoms with E-state index in [1.807, 2.05) is 12.1 Å². The first-order valence-corrected chi connectivity index (χ1v) is 5.57. The fourth-order valence-electron chi connectivity index (χ4n) is 2.02. The van der Waals surface area contributed by atoms with Crippen molar-refractivity contribution in [3.05, 3.63) is 28.8 Å².